The Morgan fingerprint density at radius 1 is 1.19 bits per heavy atom. The number of aromatic nitrogens is 3. The topological polar surface area (TPSA) is 66.7 Å². The van der Waals surface area contributed by atoms with E-state index in [2.05, 4.69) is 73.7 Å². The first kappa shape index (κ1) is 25.1. The van der Waals surface area contributed by atoms with Crippen LogP contribution in [0.4, 0.5) is 11.5 Å². The van der Waals surface area contributed by atoms with Gasteiger partial charge in [0.15, 0.2) is 5.65 Å². The summed E-state index contributed by atoms with van der Waals surface area (Å²) in [4.78, 5) is 7.26. The molecule has 37 heavy (non-hydrogen) atoms. The molecule has 2 unspecified atom stereocenters. The number of anilines is 2. The number of nitrogens with zero attached hydrogens (tertiary/aromatic N) is 4. The van der Waals surface area contributed by atoms with Crippen molar-refractivity contribution >= 4 is 31.7 Å². The zero-order valence-electron chi connectivity index (χ0n) is 21.6. The van der Waals surface area contributed by atoms with Crippen LogP contribution < -0.4 is 20.7 Å². The van der Waals surface area contributed by atoms with Crippen molar-refractivity contribution in [3.63, 3.8) is 0 Å². The van der Waals surface area contributed by atoms with Gasteiger partial charge >= 0.3 is 0 Å². The molecule has 0 spiro atoms. The van der Waals surface area contributed by atoms with Crippen molar-refractivity contribution in [1.82, 2.24) is 19.5 Å². The molecule has 2 N–H and O–H groups in total. The van der Waals surface area contributed by atoms with Gasteiger partial charge in [0, 0.05) is 42.3 Å². The lowest BCUT2D eigenvalue weighted by Crippen LogP contribution is -2.39. The third-order valence-electron chi connectivity index (χ3n) is 6.85. The van der Waals surface area contributed by atoms with Crippen LogP contribution in [0.15, 0.2) is 73.2 Å². The van der Waals surface area contributed by atoms with Crippen LogP contribution in [0.2, 0.25) is 0 Å². The Labute approximate surface area is 221 Å². The summed E-state index contributed by atoms with van der Waals surface area (Å²) in [7, 11) is 2.75. The molecule has 0 bridgehead atoms. The van der Waals surface area contributed by atoms with Crippen LogP contribution in [0.25, 0.3) is 16.9 Å². The van der Waals surface area contributed by atoms with E-state index in [0.29, 0.717) is 12.5 Å². The van der Waals surface area contributed by atoms with Gasteiger partial charge in [0.2, 0.25) is 0 Å². The molecule has 0 radical (unpaired) electrons. The van der Waals surface area contributed by atoms with Gasteiger partial charge in [0.1, 0.15) is 11.6 Å². The van der Waals surface area contributed by atoms with Gasteiger partial charge in [-0.05, 0) is 62.4 Å². The molecule has 2 atom stereocenters. The molecular formula is C29H35N6OP. The lowest BCUT2D eigenvalue weighted by Gasteiger charge is -2.36. The maximum absolute atomic E-state index is 5.55. The normalized spacial score (nSPS) is 15.5. The van der Waals surface area contributed by atoms with Gasteiger partial charge in [0.05, 0.1) is 24.3 Å². The molecule has 2 aromatic carbocycles. The van der Waals surface area contributed by atoms with Gasteiger partial charge in [-0.25, -0.2) is 4.98 Å². The van der Waals surface area contributed by atoms with E-state index in [0.717, 1.165) is 71.3 Å². The van der Waals surface area contributed by atoms with Gasteiger partial charge in [-0.15, -0.1) is 0 Å². The molecule has 1 aliphatic rings. The molecular weight excluding hydrogens is 479 g/mol. The third kappa shape index (κ3) is 5.72. The minimum Gasteiger partial charge on any atom is -0.494 e. The number of fused-ring (bicyclic) bond motifs is 1. The Kier molecular flexibility index (Phi) is 7.61. The number of piperidine rings is 1. The van der Waals surface area contributed by atoms with E-state index < -0.39 is 0 Å². The number of rotatable bonds is 9. The van der Waals surface area contributed by atoms with Gasteiger partial charge < -0.3 is 20.3 Å². The first-order chi connectivity index (χ1) is 18.0. The number of ether oxygens (including phenoxy) is 1. The van der Waals surface area contributed by atoms with Crippen molar-refractivity contribution < 1.29 is 4.74 Å². The van der Waals surface area contributed by atoms with Crippen molar-refractivity contribution in [2.75, 3.05) is 36.9 Å². The molecule has 5 rings (SSSR count). The molecule has 8 heteroatoms. The van der Waals surface area contributed by atoms with Crippen molar-refractivity contribution in [1.29, 1.82) is 0 Å². The fourth-order valence-electron chi connectivity index (χ4n) is 4.88. The minimum absolute atomic E-state index is 0.490. The first-order valence-electron chi connectivity index (χ1n) is 12.9. The molecule has 1 fully saturated rings. The standard InChI is InChI=1S/C29H35N6OP/c1-4-36-24-13-11-23(12-14-24)32-21(3)34-15-7-9-22(19-34)17-30-28-16-26(25-10-6-5-8-20(25)2)33-29-27(37)18-31-35(28)29/h5-6,8,10-14,16,18,22,30,32H,3-4,7,9,15,17,19,37H2,1-2H3. The smallest absolute Gasteiger partial charge is 0.165 e. The van der Waals surface area contributed by atoms with Crippen molar-refractivity contribution in [3.05, 3.63) is 78.8 Å². The molecule has 7 nitrogen and oxygen atoms in total. The van der Waals surface area contributed by atoms with Crippen LogP contribution in [0.1, 0.15) is 25.3 Å². The quantitative estimate of drug-likeness (QED) is 0.295. The van der Waals surface area contributed by atoms with E-state index in [1.165, 1.54) is 12.0 Å². The van der Waals surface area contributed by atoms with Crippen molar-refractivity contribution in [3.8, 4) is 17.0 Å². The third-order valence-corrected chi connectivity index (χ3v) is 7.25. The van der Waals surface area contributed by atoms with Gasteiger partial charge in [0.25, 0.3) is 0 Å². The Morgan fingerprint density at radius 3 is 2.78 bits per heavy atom. The number of hydrogen-bond acceptors (Lipinski definition) is 6. The molecule has 2 aromatic heterocycles. The van der Waals surface area contributed by atoms with E-state index in [-0.39, 0.29) is 0 Å². The Bertz CT molecular complexity index is 1380. The second-order valence-electron chi connectivity index (χ2n) is 9.54. The highest BCUT2D eigenvalue weighted by Crippen LogP contribution is 2.27. The Hall–Kier alpha value is -3.57. The summed E-state index contributed by atoms with van der Waals surface area (Å²) >= 11 is 0. The highest BCUT2D eigenvalue weighted by molar-refractivity contribution is 7.28. The lowest BCUT2D eigenvalue weighted by atomic mass is 9.98. The molecule has 1 saturated heterocycles. The zero-order valence-corrected chi connectivity index (χ0v) is 22.7. The predicted octanol–water partition coefficient (Wildman–Crippen LogP) is 5.31. The highest BCUT2D eigenvalue weighted by atomic mass is 31.0. The monoisotopic (exact) mass is 514 g/mol. The zero-order chi connectivity index (χ0) is 25.8. The van der Waals surface area contributed by atoms with Crippen LogP contribution in [0, 0.1) is 12.8 Å². The van der Waals surface area contributed by atoms with Crippen molar-refractivity contribution in [2.24, 2.45) is 5.92 Å². The average Bonchev–Trinajstić information content (AvgIpc) is 3.29. The van der Waals surface area contributed by atoms with E-state index in [1.807, 2.05) is 41.9 Å². The Balaban J connectivity index is 1.26. The number of benzene rings is 2. The molecule has 0 saturated carbocycles. The van der Waals surface area contributed by atoms with E-state index in [9.17, 15) is 0 Å². The molecule has 3 heterocycles. The van der Waals surface area contributed by atoms with Gasteiger partial charge in [-0.1, -0.05) is 40.1 Å². The van der Waals surface area contributed by atoms with Gasteiger partial charge in [-0.2, -0.15) is 9.61 Å². The van der Waals surface area contributed by atoms with Crippen LogP contribution in [0.3, 0.4) is 0 Å². The maximum atomic E-state index is 5.55. The minimum atomic E-state index is 0.490. The van der Waals surface area contributed by atoms with E-state index in [4.69, 9.17) is 9.72 Å². The van der Waals surface area contributed by atoms with Gasteiger partial charge in [-0.3, -0.25) is 0 Å². The second-order valence-corrected chi connectivity index (χ2v) is 10.2. The van der Waals surface area contributed by atoms with Crippen LogP contribution in [-0.2, 0) is 0 Å². The fourth-order valence-corrected chi connectivity index (χ4v) is 5.13. The molecule has 1 aliphatic heterocycles. The summed E-state index contributed by atoms with van der Waals surface area (Å²) < 4.78 is 7.45. The molecule has 192 valence electrons. The number of aryl methyl sites for hydroxylation is 1. The Morgan fingerprint density at radius 2 is 2.00 bits per heavy atom. The van der Waals surface area contributed by atoms with Crippen molar-refractivity contribution in [2.45, 2.75) is 26.7 Å². The van der Waals surface area contributed by atoms with Crippen LogP contribution in [0.5, 0.6) is 5.75 Å². The number of likely N-dealkylation sites (tertiary alicyclic amines) is 1. The predicted molar refractivity (Wildman–Crippen MR) is 156 cm³/mol. The molecule has 4 aromatic rings. The first-order valence-corrected chi connectivity index (χ1v) is 13.5. The maximum Gasteiger partial charge on any atom is 0.165 e. The summed E-state index contributed by atoms with van der Waals surface area (Å²) in [5, 5.41) is 12.7. The summed E-state index contributed by atoms with van der Waals surface area (Å²) in [6, 6.07) is 18.5. The summed E-state index contributed by atoms with van der Waals surface area (Å²) in [5.41, 5.74) is 5.17. The summed E-state index contributed by atoms with van der Waals surface area (Å²) in [6.45, 7) is 11.9. The SMILES string of the molecule is C=C(Nc1ccc(OCC)cc1)N1CCCC(CNc2cc(-c3ccccc3C)nc3c(P)cnn23)C1. The average molecular weight is 515 g/mol. The second kappa shape index (κ2) is 11.2. The molecule has 0 aliphatic carbocycles. The number of nitrogens with one attached hydrogen (secondary N) is 2. The van der Waals surface area contributed by atoms with Crippen LogP contribution >= 0.6 is 9.24 Å². The molecule has 0 amide bonds. The summed E-state index contributed by atoms with van der Waals surface area (Å²) in [5.74, 6) is 3.26. The van der Waals surface area contributed by atoms with E-state index >= 15 is 0 Å². The fraction of sp³-hybridized carbons (Fsp3) is 0.310. The lowest BCUT2D eigenvalue weighted by molar-refractivity contribution is 0.227. The highest BCUT2D eigenvalue weighted by Gasteiger charge is 2.22. The number of hydrogen-bond donors (Lipinski definition) is 2. The van der Waals surface area contributed by atoms with Crippen LogP contribution in [-0.4, -0.2) is 45.7 Å². The van der Waals surface area contributed by atoms with E-state index in [1.54, 1.807) is 0 Å². The largest absolute Gasteiger partial charge is 0.494 e. The summed E-state index contributed by atoms with van der Waals surface area (Å²) in [6.07, 6.45) is 4.15.